The number of halogens is 1. The van der Waals surface area contributed by atoms with E-state index < -0.39 is 5.97 Å². The molecular weight excluding hydrogens is 296 g/mol. The average Bonchev–Trinajstić information content (AvgIpc) is 2.49. The van der Waals surface area contributed by atoms with Crippen molar-refractivity contribution in [1.82, 2.24) is 0 Å². The van der Waals surface area contributed by atoms with Gasteiger partial charge in [0.15, 0.2) is 11.5 Å². The summed E-state index contributed by atoms with van der Waals surface area (Å²) >= 11 is 5.95. The van der Waals surface area contributed by atoms with E-state index >= 15 is 0 Å². The molecule has 2 aromatic carbocycles. The van der Waals surface area contributed by atoms with Crippen molar-refractivity contribution in [1.29, 1.82) is 0 Å². The molecule has 0 aliphatic rings. The molecule has 0 saturated heterocycles. The monoisotopic (exact) mass is 310 g/mol. The first-order chi connectivity index (χ1) is 10.0. The van der Waals surface area contributed by atoms with Crippen LogP contribution in [0.25, 0.3) is 10.8 Å². The second kappa shape index (κ2) is 6.10. The molecule has 6 heteroatoms. The van der Waals surface area contributed by atoms with Crippen LogP contribution in [-0.2, 0) is 4.79 Å². The molecule has 0 unspecified atom stereocenters. The van der Waals surface area contributed by atoms with E-state index in [9.17, 15) is 9.90 Å². The molecular formula is C15H15ClO5. The molecule has 0 atom stereocenters. The molecule has 0 spiro atoms. The summed E-state index contributed by atoms with van der Waals surface area (Å²) < 4.78 is 15.7. The van der Waals surface area contributed by atoms with Crippen LogP contribution >= 0.6 is 11.6 Å². The summed E-state index contributed by atoms with van der Waals surface area (Å²) in [6.45, 7) is 1.69. The molecule has 0 fully saturated rings. The van der Waals surface area contributed by atoms with Gasteiger partial charge in [0, 0.05) is 22.2 Å². The van der Waals surface area contributed by atoms with Gasteiger partial charge in [-0.2, -0.15) is 0 Å². The first-order valence-corrected chi connectivity index (χ1v) is 6.68. The van der Waals surface area contributed by atoms with E-state index in [1.807, 2.05) is 0 Å². The van der Waals surface area contributed by atoms with Crippen molar-refractivity contribution >= 4 is 28.3 Å². The van der Waals surface area contributed by atoms with Crippen LogP contribution in [0.4, 0.5) is 0 Å². The number of fused-ring (bicyclic) bond motifs is 1. The molecule has 0 amide bonds. The number of ether oxygens (including phenoxy) is 3. The molecule has 112 valence electrons. The minimum absolute atomic E-state index is 0.0890. The van der Waals surface area contributed by atoms with Gasteiger partial charge in [-0.1, -0.05) is 18.5 Å². The molecule has 2 aromatic rings. The standard InChI is InChI=1S/C15H15ClO5/c1-4-11(17)21-13-9-6-5-8(16)7-10(9)12(18)14(19-2)15(13)20-3/h5-7,18H,4H2,1-3H3. The first-order valence-electron chi connectivity index (χ1n) is 6.30. The fourth-order valence-electron chi connectivity index (χ4n) is 2.03. The van der Waals surface area contributed by atoms with Gasteiger partial charge in [-0.25, -0.2) is 0 Å². The summed E-state index contributed by atoms with van der Waals surface area (Å²) in [5, 5.41) is 11.7. The Kier molecular flexibility index (Phi) is 4.43. The molecule has 0 saturated carbocycles. The summed E-state index contributed by atoms with van der Waals surface area (Å²) in [5.41, 5.74) is 0. The zero-order valence-electron chi connectivity index (χ0n) is 11.9. The largest absolute Gasteiger partial charge is 0.504 e. The van der Waals surface area contributed by atoms with Crippen molar-refractivity contribution in [2.24, 2.45) is 0 Å². The molecule has 0 bridgehead atoms. The summed E-state index contributed by atoms with van der Waals surface area (Å²) in [6.07, 6.45) is 0.210. The third-order valence-corrected chi connectivity index (χ3v) is 3.26. The van der Waals surface area contributed by atoms with E-state index in [-0.39, 0.29) is 29.4 Å². The lowest BCUT2D eigenvalue weighted by molar-refractivity contribution is -0.134. The fourth-order valence-corrected chi connectivity index (χ4v) is 2.20. The number of carbonyl (C=O) groups is 1. The molecule has 0 aliphatic heterocycles. The number of esters is 1. The highest BCUT2D eigenvalue weighted by atomic mass is 35.5. The first kappa shape index (κ1) is 15.3. The van der Waals surface area contributed by atoms with E-state index in [0.717, 1.165) is 0 Å². The second-order valence-electron chi connectivity index (χ2n) is 4.26. The number of carbonyl (C=O) groups excluding carboxylic acids is 1. The van der Waals surface area contributed by atoms with Crippen LogP contribution in [0.1, 0.15) is 13.3 Å². The van der Waals surface area contributed by atoms with Crippen LogP contribution in [0.3, 0.4) is 0 Å². The smallest absolute Gasteiger partial charge is 0.311 e. The normalized spacial score (nSPS) is 10.5. The molecule has 1 N–H and O–H groups in total. The molecule has 0 radical (unpaired) electrons. The molecule has 0 aromatic heterocycles. The number of phenols is 1. The van der Waals surface area contributed by atoms with Gasteiger partial charge in [-0.05, 0) is 18.2 Å². The van der Waals surface area contributed by atoms with Gasteiger partial charge in [-0.3, -0.25) is 4.79 Å². The summed E-state index contributed by atoms with van der Waals surface area (Å²) in [4.78, 5) is 11.6. The molecule has 2 rings (SSSR count). The minimum Gasteiger partial charge on any atom is -0.504 e. The number of phenolic OH excluding ortho intramolecular Hbond substituents is 1. The van der Waals surface area contributed by atoms with Crippen LogP contribution in [0, 0.1) is 0 Å². The van der Waals surface area contributed by atoms with E-state index in [4.69, 9.17) is 25.8 Å². The van der Waals surface area contributed by atoms with E-state index in [1.165, 1.54) is 14.2 Å². The lowest BCUT2D eigenvalue weighted by atomic mass is 10.1. The third-order valence-electron chi connectivity index (χ3n) is 3.02. The van der Waals surface area contributed by atoms with Crippen molar-refractivity contribution in [3.63, 3.8) is 0 Å². The fraction of sp³-hybridized carbons (Fsp3) is 0.267. The quantitative estimate of drug-likeness (QED) is 0.691. The van der Waals surface area contributed by atoms with Crippen molar-refractivity contribution in [2.75, 3.05) is 14.2 Å². The Morgan fingerprint density at radius 3 is 2.38 bits per heavy atom. The maximum Gasteiger partial charge on any atom is 0.311 e. The lowest BCUT2D eigenvalue weighted by Gasteiger charge is -2.17. The Hall–Kier alpha value is -2.14. The summed E-state index contributed by atoms with van der Waals surface area (Å²) in [6, 6.07) is 4.85. The van der Waals surface area contributed by atoms with E-state index in [1.54, 1.807) is 25.1 Å². The predicted octanol–water partition coefficient (Wildman–Crippen LogP) is 3.53. The van der Waals surface area contributed by atoms with Crippen LogP contribution in [0.2, 0.25) is 5.02 Å². The van der Waals surface area contributed by atoms with Gasteiger partial charge in [0.05, 0.1) is 14.2 Å². The van der Waals surface area contributed by atoms with Gasteiger partial charge in [0.2, 0.25) is 11.5 Å². The van der Waals surface area contributed by atoms with Gasteiger partial charge in [0.1, 0.15) is 0 Å². The van der Waals surface area contributed by atoms with Crippen molar-refractivity contribution in [3.8, 4) is 23.0 Å². The number of hydrogen-bond donors (Lipinski definition) is 1. The molecule has 5 nitrogen and oxygen atoms in total. The van der Waals surface area contributed by atoms with Crippen LogP contribution in [0.5, 0.6) is 23.0 Å². The molecule has 0 heterocycles. The second-order valence-corrected chi connectivity index (χ2v) is 4.70. The zero-order valence-corrected chi connectivity index (χ0v) is 12.7. The minimum atomic E-state index is -0.419. The number of aromatic hydroxyl groups is 1. The Labute approximate surface area is 127 Å². The maximum absolute atomic E-state index is 11.6. The van der Waals surface area contributed by atoms with E-state index in [0.29, 0.717) is 15.8 Å². The van der Waals surface area contributed by atoms with Gasteiger partial charge in [0.25, 0.3) is 0 Å². The predicted molar refractivity (Wildman–Crippen MR) is 79.7 cm³/mol. The SMILES string of the molecule is CCC(=O)Oc1c(OC)c(OC)c(O)c2cc(Cl)ccc12. The average molecular weight is 311 g/mol. The Morgan fingerprint density at radius 1 is 1.14 bits per heavy atom. The number of benzene rings is 2. The van der Waals surface area contributed by atoms with Gasteiger partial charge >= 0.3 is 5.97 Å². The Bertz CT molecular complexity index is 696. The van der Waals surface area contributed by atoms with E-state index in [2.05, 4.69) is 0 Å². The highest BCUT2D eigenvalue weighted by Crippen LogP contribution is 2.50. The van der Waals surface area contributed by atoms with Crippen molar-refractivity contribution in [3.05, 3.63) is 23.2 Å². The number of rotatable bonds is 4. The van der Waals surface area contributed by atoms with Crippen LogP contribution in [0.15, 0.2) is 18.2 Å². The van der Waals surface area contributed by atoms with Crippen molar-refractivity contribution in [2.45, 2.75) is 13.3 Å². The van der Waals surface area contributed by atoms with Gasteiger partial charge in [-0.15, -0.1) is 0 Å². The number of methoxy groups -OCH3 is 2. The zero-order chi connectivity index (χ0) is 15.6. The lowest BCUT2D eigenvalue weighted by Crippen LogP contribution is -2.08. The van der Waals surface area contributed by atoms with Crippen LogP contribution < -0.4 is 14.2 Å². The number of hydrogen-bond acceptors (Lipinski definition) is 5. The Morgan fingerprint density at radius 2 is 1.81 bits per heavy atom. The highest BCUT2D eigenvalue weighted by Gasteiger charge is 2.23. The van der Waals surface area contributed by atoms with Gasteiger partial charge < -0.3 is 19.3 Å². The maximum atomic E-state index is 11.6. The third kappa shape index (κ3) is 2.69. The molecule has 0 aliphatic carbocycles. The topological polar surface area (TPSA) is 65.0 Å². The summed E-state index contributed by atoms with van der Waals surface area (Å²) in [7, 11) is 2.79. The van der Waals surface area contributed by atoms with Crippen molar-refractivity contribution < 1.29 is 24.1 Å². The molecule has 21 heavy (non-hydrogen) atoms. The summed E-state index contributed by atoms with van der Waals surface area (Å²) in [5.74, 6) is -0.0936. The van der Waals surface area contributed by atoms with Crippen LogP contribution in [-0.4, -0.2) is 25.3 Å². The highest BCUT2D eigenvalue weighted by molar-refractivity contribution is 6.31. The Balaban J connectivity index is 2.84.